The Hall–Kier alpha value is -2.51. The quantitative estimate of drug-likeness (QED) is 0.840. The first kappa shape index (κ1) is 11.0. The van der Waals surface area contributed by atoms with Crippen molar-refractivity contribution in [3.63, 3.8) is 0 Å². The molecule has 1 aromatic carbocycles. The molecule has 0 unspecified atom stereocenters. The minimum absolute atomic E-state index is 0.0638. The van der Waals surface area contributed by atoms with E-state index in [1.54, 1.807) is 0 Å². The number of amides is 1. The summed E-state index contributed by atoms with van der Waals surface area (Å²) >= 11 is 0. The van der Waals surface area contributed by atoms with Crippen molar-refractivity contribution in [2.75, 3.05) is 5.32 Å². The maximum absolute atomic E-state index is 13.2. The monoisotopic (exact) mass is 240 g/mol. The molecule has 0 aliphatic rings. The zero-order chi connectivity index (χ0) is 12.4. The summed E-state index contributed by atoms with van der Waals surface area (Å²) in [5.74, 6) is -2.85. The van der Waals surface area contributed by atoms with Gasteiger partial charge < -0.3 is 15.5 Å². The Balaban J connectivity index is 2.22. The first-order valence-corrected chi connectivity index (χ1v) is 4.41. The maximum Gasteiger partial charge on any atom is 0.320 e. The number of anilines is 2. The molecule has 0 fully saturated rings. The molecule has 0 atom stereocenters. The van der Waals surface area contributed by atoms with Crippen molar-refractivity contribution >= 4 is 17.6 Å². The van der Waals surface area contributed by atoms with Crippen LogP contribution in [0.1, 0.15) is 10.7 Å². The summed E-state index contributed by atoms with van der Waals surface area (Å²) in [4.78, 5) is 10.7. The van der Waals surface area contributed by atoms with Crippen LogP contribution in [0.2, 0.25) is 0 Å². The number of rotatable bonds is 3. The molecule has 0 radical (unpaired) electrons. The molecule has 3 N–H and O–H groups in total. The zero-order valence-corrected chi connectivity index (χ0v) is 8.28. The van der Waals surface area contributed by atoms with Crippen LogP contribution in [-0.4, -0.2) is 16.1 Å². The molecular weight excluding hydrogens is 234 g/mol. The molecule has 1 aromatic heterocycles. The number of halogens is 2. The van der Waals surface area contributed by atoms with E-state index in [4.69, 9.17) is 10.2 Å². The third-order valence-electron chi connectivity index (χ3n) is 1.81. The number of hydrogen-bond acceptors (Lipinski definition) is 5. The predicted molar refractivity (Wildman–Crippen MR) is 52.5 cm³/mol. The average Bonchev–Trinajstić information content (AvgIpc) is 2.71. The van der Waals surface area contributed by atoms with Crippen LogP contribution in [0, 0.1) is 11.6 Å². The van der Waals surface area contributed by atoms with E-state index in [1.165, 1.54) is 0 Å². The van der Waals surface area contributed by atoms with Crippen molar-refractivity contribution in [2.24, 2.45) is 5.73 Å². The lowest BCUT2D eigenvalue weighted by Gasteiger charge is -2.01. The smallest absolute Gasteiger partial charge is 0.320 e. The van der Waals surface area contributed by atoms with Gasteiger partial charge in [0.2, 0.25) is 0 Å². The Morgan fingerprint density at radius 3 is 2.71 bits per heavy atom. The summed E-state index contributed by atoms with van der Waals surface area (Å²) in [5, 5.41) is 9.10. The molecule has 2 aromatic rings. The summed E-state index contributed by atoms with van der Waals surface area (Å²) in [6.07, 6.45) is 0. The molecule has 0 aliphatic heterocycles. The Bertz CT molecular complexity index is 570. The Morgan fingerprint density at radius 1 is 1.35 bits per heavy atom. The zero-order valence-electron chi connectivity index (χ0n) is 8.28. The fourth-order valence-electron chi connectivity index (χ4n) is 1.08. The van der Waals surface area contributed by atoms with Gasteiger partial charge in [0, 0.05) is 6.07 Å². The predicted octanol–water partition coefficient (Wildman–Crippen LogP) is 1.19. The van der Waals surface area contributed by atoms with E-state index >= 15 is 0 Å². The fourth-order valence-corrected chi connectivity index (χ4v) is 1.08. The third-order valence-corrected chi connectivity index (χ3v) is 1.81. The van der Waals surface area contributed by atoms with Crippen molar-refractivity contribution < 1.29 is 18.0 Å². The summed E-state index contributed by atoms with van der Waals surface area (Å²) in [6.45, 7) is 0. The molecular formula is C9H6F2N4O2. The average molecular weight is 240 g/mol. The lowest BCUT2D eigenvalue weighted by molar-refractivity contribution is 0.0968. The van der Waals surface area contributed by atoms with Crippen LogP contribution in [0.25, 0.3) is 0 Å². The SMILES string of the molecule is NC(=O)c1nnc(Nc2ccc(F)cc2F)o1. The summed E-state index contributed by atoms with van der Waals surface area (Å²) in [5.41, 5.74) is 4.82. The summed E-state index contributed by atoms with van der Waals surface area (Å²) in [7, 11) is 0. The molecule has 17 heavy (non-hydrogen) atoms. The number of nitrogens with zero attached hydrogens (tertiary/aromatic N) is 2. The molecule has 6 nitrogen and oxygen atoms in total. The summed E-state index contributed by atoms with van der Waals surface area (Å²) < 4.78 is 30.6. The number of benzene rings is 1. The first-order valence-electron chi connectivity index (χ1n) is 4.41. The van der Waals surface area contributed by atoms with Gasteiger partial charge in [-0.2, -0.15) is 0 Å². The topological polar surface area (TPSA) is 94.0 Å². The van der Waals surface area contributed by atoms with Crippen LogP contribution in [0.4, 0.5) is 20.5 Å². The lowest BCUT2D eigenvalue weighted by Crippen LogP contribution is -2.10. The highest BCUT2D eigenvalue weighted by molar-refractivity contribution is 5.87. The number of primary amides is 1. The van der Waals surface area contributed by atoms with Crippen molar-refractivity contribution in [3.8, 4) is 0 Å². The van der Waals surface area contributed by atoms with Crippen molar-refractivity contribution in [1.29, 1.82) is 0 Å². The summed E-state index contributed by atoms with van der Waals surface area (Å²) in [6, 6.07) is 2.67. The van der Waals surface area contributed by atoms with Crippen LogP contribution in [-0.2, 0) is 0 Å². The lowest BCUT2D eigenvalue weighted by atomic mass is 10.3. The third kappa shape index (κ3) is 2.36. The number of aromatic nitrogens is 2. The Kier molecular flexibility index (Phi) is 2.69. The highest BCUT2D eigenvalue weighted by Gasteiger charge is 2.12. The van der Waals surface area contributed by atoms with Crippen LogP contribution >= 0.6 is 0 Å². The van der Waals surface area contributed by atoms with Crippen molar-refractivity contribution in [2.45, 2.75) is 0 Å². The van der Waals surface area contributed by atoms with E-state index < -0.39 is 23.4 Å². The fraction of sp³-hybridized carbons (Fsp3) is 0. The Labute approximate surface area is 93.4 Å². The van der Waals surface area contributed by atoms with Crippen LogP contribution in [0.5, 0.6) is 0 Å². The van der Waals surface area contributed by atoms with E-state index in [0.717, 1.165) is 12.1 Å². The molecule has 0 saturated heterocycles. The molecule has 1 heterocycles. The molecule has 0 aliphatic carbocycles. The minimum atomic E-state index is -0.898. The molecule has 1 amide bonds. The van der Waals surface area contributed by atoms with E-state index in [0.29, 0.717) is 6.07 Å². The van der Waals surface area contributed by atoms with Crippen molar-refractivity contribution in [1.82, 2.24) is 10.2 Å². The number of nitrogens with two attached hydrogens (primary N) is 1. The van der Waals surface area contributed by atoms with Gasteiger partial charge >= 0.3 is 17.8 Å². The van der Waals surface area contributed by atoms with E-state index in [-0.39, 0.29) is 11.7 Å². The largest absolute Gasteiger partial charge is 0.399 e. The number of nitrogens with one attached hydrogen (secondary N) is 1. The van der Waals surface area contributed by atoms with Crippen molar-refractivity contribution in [3.05, 3.63) is 35.7 Å². The number of carbonyl (C=O) groups is 1. The molecule has 88 valence electrons. The van der Waals surface area contributed by atoms with E-state index in [9.17, 15) is 13.6 Å². The number of carbonyl (C=O) groups excluding carboxylic acids is 1. The Morgan fingerprint density at radius 2 is 2.12 bits per heavy atom. The van der Waals surface area contributed by atoms with E-state index in [1.807, 2.05) is 0 Å². The normalized spacial score (nSPS) is 10.2. The molecule has 2 rings (SSSR count). The van der Waals surface area contributed by atoms with Gasteiger partial charge in [0.05, 0.1) is 5.69 Å². The van der Waals surface area contributed by atoms with Gasteiger partial charge in [-0.1, -0.05) is 5.10 Å². The second-order valence-corrected chi connectivity index (χ2v) is 3.03. The highest BCUT2D eigenvalue weighted by Crippen LogP contribution is 2.19. The van der Waals surface area contributed by atoms with E-state index in [2.05, 4.69) is 15.5 Å². The molecule has 8 heteroatoms. The molecule has 0 spiro atoms. The molecule has 0 saturated carbocycles. The molecule has 0 bridgehead atoms. The second-order valence-electron chi connectivity index (χ2n) is 3.03. The van der Waals surface area contributed by atoms with Gasteiger partial charge in [-0.25, -0.2) is 8.78 Å². The van der Waals surface area contributed by atoms with Crippen LogP contribution in [0.15, 0.2) is 22.6 Å². The van der Waals surface area contributed by atoms with Crippen LogP contribution in [0.3, 0.4) is 0 Å². The van der Waals surface area contributed by atoms with Gasteiger partial charge in [-0.15, -0.1) is 5.10 Å². The second kappa shape index (κ2) is 4.16. The standard InChI is InChI=1S/C9H6F2N4O2/c10-4-1-2-6(5(11)3-4)13-9-15-14-8(17-9)7(12)16/h1-3H,(H2,12,16)(H,13,15). The van der Waals surface area contributed by atoms with Gasteiger partial charge in [0.25, 0.3) is 0 Å². The number of hydrogen-bond donors (Lipinski definition) is 2. The van der Waals surface area contributed by atoms with Gasteiger partial charge in [0.1, 0.15) is 11.6 Å². The van der Waals surface area contributed by atoms with Gasteiger partial charge in [0.15, 0.2) is 0 Å². The highest BCUT2D eigenvalue weighted by atomic mass is 19.1. The minimum Gasteiger partial charge on any atom is -0.399 e. The first-order chi connectivity index (χ1) is 8.06. The van der Waals surface area contributed by atoms with Gasteiger partial charge in [-0.3, -0.25) is 4.79 Å². The van der Waals surface area contributed by atoms with Gasteiger partial charge in [-0.05, 0) is 12.1 Å². The maximum atomic E-state index is 13.2. The van der Waals surface area contributed by atoms with Crippen LogP contribution < -0.4 is 11.1 Å².